The van der Waals surface area contributed by atoms with E-state index in [0.29, 0.717) is 0 Å². The fraction of sp³-hybridized carbons (Fsp3) is 0.622. The minimum atomic E-state index is -4.55. The van der Waals surface area contributed by atoms with Crippen molar-refractivity contribution in [3.8, 4) is 0 Å². The van der Waals surface area contributed by atoms with Crippen molar-refractivity contribution in [2.75, 3.05) is 34.9 Å². The van der Waals surface area contributed by atoms with Gasteiger partial charge in [0.1, 0.15) is 6.54 Å². The largest absolute Gasteiger partial charge is 0.465 e. The van der Waals surface area contributed by atoms with Gasteiger partial charge in [-0.25, -0.2) is 9.59 Å². The van der Waals surface area contributed by atoms with Crippen LogP contribution in [0.4, 0.5) is 0 Å². The highest BCUT2D eigenvalue weighted by atomic mass is 32.2. The lowest BCUT2D eigenvalue weighted by molar-refractivity contribution is -0.903. The van der Waals surface area contributed by atoms with Gasteiger partial charge in [-0.3, -0.25) is 4.55 Å². The molecule has 0 amide bonds. The number of esters is 2. The summed E-state index contributed by atoms with van der Waals surface area (Å²) in [6.45, 7) is 4.75. The quantitative estimate of drug-likeness (QED) is 0.0580. The number of quaternary nitrogens is 1. The van der Waals surface area contributed by atoms with Crippen LogP contribution in [-0.2, 0) is 26.1 Å². The van der Waals surface area contributed by atoms with Crippen molar-refractivity contribution >= 4 is 22.1 Å². The second-order valence-electron chi connectivity index (χ2n) is 12.8. The number of ether oxygens (including phenoxy) is 2. The predicted octanol–water partition coefficient (Wildman–Crippen LogP) is 9.03. The molecule has 46 heavy (non-hydrogen) atoms. The van der Waals surface area contributed by atoms with E-state index in [-0.39, 0.29) is 11.1 Å². The van der Waals surface area contributed by atoms with Crippen molar-refractivity contribution in [1.82, 2.24) is 0 Å². The maximum atomic E-state index is 11.3. The maximum Gasteiger partial charge on any atom is 0.337 e. The third-order valence-corrected chi connectivity index (χ3v) is 8.95. The molecule has 2 aromatic carbocycles. The van der Waals surface area contributed by atoms with Crippen LogP contribution < -0.4 is 0 Å². The first kappa shape index (κ1) is 41.3. The highest BCUT2D eigenvalue weighted by molar-refractivity contribution is 7.85. The summed E-state index contributed by atoms with van der Waals surface area (Å²) in [6.07, 6.45) is 23.2. The van der Waals surface area contributed by atoms with Gasteiger partial charge >= 0.3 is 11.9 Å². The Morgan fingerprint density at radius 1 is 0.652 bits per heavy atom. The predicted molar refractivity (Wildman–Crippen MR) is 186 cm³/mol. The fourth-order valence-corrected chi connectivity index (χ4v) is 6.02. The lowest BCUT2D eigenvalue weighted by Crippen LogP contribution is -2.39. The second-order valence-corrected chi connectivity index (χ2v) is 14.2. The summed E-state index contributed by atoms with van der Waals surface area (Å²) in [6, 6.07) is 13.8. The lowest BCUT2D eigenvalue weighted by Gasteiger charge is -2.30. The van der Waals surface area contributed by atoms with Gasteiger partial charge in [-0.15, -0.1) is 0 Å². The van der Waals surface area contributed by atoms with Gasteiger partial charge in [0, 0.05) is 5.56 Å². The first-order chi connectivity index (χ1) is 21.9. The van der Waals surface area contributed by atoms with E-state index >= 15 is 0 Å². The summed E-state index contributed by atoms with van der Waals surface area (Å²) in [5.74, 6) is -1.68. The highest BCUT2D eigenvalue weighted by Crippen LogP contribution is 2.18. The van der Waals surface area contributed by atoms with Crippen molar-refractivity contribution in [1.29, 1.82) is 0 Å². The minimum Gasteiger partial charge on any atom is -0.465 e. The molecule has 0 saturated heterocycles. The molecule has 0 radical (unpaired) electrons. The molecular weight excluding hydrogens is 602 g/mol. The van der Waals surface area contributed by atoms with Crippen molar-refractivity contribution in [2.24, 2.45) is 0 Å². The van der Waals surface area contributed by atoms with Gasteiger partial charge in [-0.05, 0) is 31.0 Å². The van der Waals surface area contributed by atoms with E-state index in [0.717, 1.165) is 43.4 Å². The number of benzene rings is 2. The van der Waals surface area contributed by atoms with Gasteiger partial charge in [-0.1, -0.05) is 127 Å². The van der Waals surface area contributed by atoms with Gasteiger partial charge in [0.2, 0.25) is 0 Å². The van der Waals surface area contributed by atoms with Crippen LogP contribution in [0.1, 0.15) is 136 Å². The van der Waals surface area contributed by atoms with Crippen LogP contribution in [0, 0.1) is 0 Å². The Hall–Kier alpha value is -2.75. The molecule has 0 aliphatic carbocycles. The topological polar surface area (TPSA) is 107 Å². The van der Waals surface area contributed by atoms with E-state index in [1.807, 2.05) is 0 Å². The standard InChI is InChI=1S/C27H50N.C10H10O7S/c1-4-5-6-7-8-9-10-11-12-13-14-15-16-17-18-22-25-28(2,3)26-27-23-20-19-21-24-27;1-16-9(11)6-3-7(10(12)17-2)5-8(4-6)18(13,14)15/h19-21,23-24H,4-18,22,25-26H2,1-3H3;3-5H,1-2H3,(H,13,14,15)/q+1;. The van der Waals surface area contributed by atoms with E-state index < -0.39 is 27.0 Å². The number of methoxy groups -OCH3 is 2. The monoisotopic (exact) mass is 662 g/mol. The zero-order chi connectivity index (χ0) is 34.3. The Morgan fingerprint density at radius 2 is 1.04 bits per heavy atom. The molecule has 2 rings (SSSR count). The first-order valence-electron chi connectivity index (χ1n) is 17.1. The maximum absolute atomic E-state index is 11.3. The second kappa shape index (κ2) is 23.6. The molecule has 8 nitrogen and oxygen atoms in total. The normalized spacial score (nSPS) is 11.4. The molecule has 0 aromatic heterocycles. The van der Waals surface area contributed by atoms with Crippen LogP contribution in [0.2, 0.25) is 0 Å². The van der Waals surface area contributed by atoms with E-state index in [1.54, 1.807) is 0 Å². The van der Waals surface area contributed by atoms with E-state index in [9.17, 15) is 18.0 Å². The highest BCUT2D eigenvalue weighted by Gasteiger charge is 2.19. The average Bonchev–Trinajstić information content (AvgIpc) is 3.03. The fourth-order valence-electron chi connectivity index (χ4n) is 5.46. The summed E-state index contributed by atoms with van der Waals surface area (Å²) in [5, 5.41) is 0. The molecule has 0 aliphatic rings. The zero-order valence-corrected chi connectivity index (χ0v) is 29.9. The summed E-state index contributed by atoms with van der Waals surface area (Å²) in [4.78, 5) is 22.0. The zero-order valence-electron chi connectivity index (χ0n) is 29.1. The van der Waals surface area contributed by atoms with E-state index in [4.69, 9.17) is 4.55 Å². The Kier molecular flexibility index (Phi) is 21.1. The molecule has 0 heterocycles. The number of hydrogen-bond donors (Lipinski definition) is 1. The lowest BCUT2D eigenvalue weighted by atomic mass is 10.0. The summed E-state index contributed by atoms with van der Waals surface area (Å²) in [5.41, 5.74) is 1.09. The van der Waals surface area contributed by atoms with Crippen LogP contribution in [0.3, 0.4) is 0 Å². The van der Waals surface area contributed by atoms with Crippen LogP contribution >= 0.6 is 0 Å². The third kappa shape index (κ3) is 19.0. The Labute approximate surface area is 279 Å². The van der Waals surface area contributed by atoms with E-state index in [1.165, 1.54) is 115 Å². The smallest absolute Gasteiger partial charge is 0.337 e. The molecule has 0 unspecified atom stereocenters. The molecule has 1 N–H and O–H groups in total. The molecule has 9 heteroatoms. The number of rotatable bonds is 22. The van der Waals surface area contributed by atoms with Crippen LogP contribution in [-0.4, -0.2) is 64.3 Å². The molecule has 0 spiro atoms. The number of carbonyl (C=O) groups excluding carboxylic acids is 2. The van der Waals surface area contributed by atoms with Crippen LogP contribution in [0.15, 0.2) is 53.4 Å². The summed E-state index contributed by atoms with van der Waals surface area (Å²) < 4.78 is 40.9. The average molecular weight is 663 g/mol. The number of nitrogens with zero attached hydrogens (tertiary/aromatic N) is 1. The molecule has 260 valence electrons. The molecule has 0 aliphatic heterocycles. The van der Waals surface area contributed by atoms with Gasteiger partial charge in [0.15, 0.2) is 0 Å². The van der Waals surface area contributed by atoms with Crippen molar-refractivity contribution in [3.63, 3.8) is 0 Å². The molecular formula is C37H60NO7S+. The Balaban J connectivity index is 0.000000506. The number of carbonyl (C=O) groups is 2. The Bertz CT molecular complexity index is 1200. The van der Waals surface area contributed by atoms with Crippen LogP contribution in [0.25, 0.3) is 0 Å². The van der Waals surface area contributed by atoms with Crippen molar-refractivity contribution in [3.05, 3.63) is 65.2 Å². The summed E-state index contributed by atoms with van der Waals surface area (Å²) in [7, 11) is 2.39. The number of unbranched alkanes of at least 4 members (excludes halogenated alkanes) is 15. The van der Waals surface area contributed by atoms with Crippen molar-refractivity contribution in [2.45, 2.75) is 121 Å². The van der Waals surface area contributed by atoms with Gasteiger partial charge in [-0.2, -0.15) is 8.42 Å². The SMILES string of the molecule is CCCCCCCCCCCCCCCCCC[N+](C)(C)Cc1ccccc1.COC(=O)c1cc(C(=O)OC)cc(S(=O)(=O)O)c1. The van der Waals surface area contributed by atoms with Gasteiger partial charge in [0.25, 0.3) is 10.1 Å². The van der Waals surface area contributed by atoms with Gasteiger partial charge < -0.3 is 14.0 Å². The molecule has 0 saturated carbocycles. The molecule has 2 aromatic rings. The van der Waals surface area contributed by atoms with E-state index in [2.05, 4.69) is 60.8 Å². The van der Waals surface area contributed by atoms with Crippen molar-refractivity contribution < 1.29 is 36.5 Å². The molecule has 0 fully saturated rings. The third-order valence-electron chi connectivity index (χ3n) is 8.12. The van der Waals surface area contributed by atoms with Crippen LogP contribution in [0.5, 0.6) is 0 Å². The number of hydrogen-bond acceptors (Lipinski definition) is 6. The summed E-state index contributed by atoms with van der Waals surface area (Å²) >= 11 is 0. The Morgan fingerprint density at radius 3 is 1.41 bits per heavy atom. The molecule has 0 bridgehead atoms. The minimum absolute atomic E-state index is 0.187. The first-order valence-corrected chi connectivity index (χ1v) is 18.5. The molecule has 0 atom stereocenters. The van der Waals surface area contributed by atoms with Gasteiger partial charge in [0.05, 0.1) is 50.9 Å².